The molecule has 1 saturated heterocycles. The van der Waals surface area contributed by atoms with Gasteiger partial charge in [-0.2, -0.15) is 23.1 Å². The number of nitrogens with one attached hydrogen (secondary N) is 4. The highest BCUT2D eigenvalue weighted by Crippen LogP contribution is 2.36. The first kappa shape index (κ1) is 43.4. The lowest BCUT2D eigenvalue weighted by Crippen LogP contribution is -2.42. The first-order valence-electron chi connectivity index (χ1n) is 20.0. The van der Waals surface area contributed by atoms with Gasteiger partial charge in [-0.05, 0) is 36.1 Å². The minimum Gasteiger partial charge on any atom is -0.486 e. The second kappa shape index (κ2) is 18.9. The van der Waals surface area contributed by atoms with E-state index in [0.717, 1.165) is 11.1 Å². The third-order valence-electron chi connectivity index (χ3n) is 10.8. The van der Waals surface area contributed by atoms with Crippen molar-refractivity contribution in [3.05, 3.63) is 96.3 Å². The number of imidazole rings is 1. The van der Waals surface area contributed by atoms with Gasteiger partial charge in [0.2, 0.25) is 11.9 Å². The molecule has 2 aromatic heterocycles. The molecule has 0 bridgehead atoms. The maximum absolute atomic E-state index is 13.1. The Morgan fingerprint density at radius 3 is 2.21 bits per heavy atom. The monoisotopic (exact) mass is 861 g/mol. The van der Waals surface area contributed by atoms with E-state index >= 15 is 0 Å². The van der Waals surface area contributed by atoms with E-state index in [0.29, 0.717) is 85.8 Å². The number of fused-ring (bicyclic) bond motifs is 2. The van der Waals surface area contributed by atoms with Crippen LogP contribution in [0.15, 0.2) is 85.2 Å². The SMILES string of the molecule is CCC(=O)N[C@H]1C[C@@H](n2cnc3c(NCC(c4ccccc4)c4ccccc4)nc(N4CC[C@@H](NC(=O)Nc5ccc6c(c5)OCCO6)C4)nc32)[C@H](O)[C@@H]1O.O=C(O)C(F)(F)F. The van der Waals surface area contributed by atoms with Crippen molar-refractivity contribution in [3.8, 4) is 11.5 Å². The third kappa shape index (κ3) is 10.1. The molecule has 0 radical (unpaired) electrons. The number of ether oxygens (including phenoxy) is 2. The van der Waals surface area contributed by atoms with Crippen molar-refractivity contribution >= 4 is 46.5 Å². The molecule has 3 aliphatic rings. The van der Waals surface area contributed by atoms with Crippen molar-refractivity contribution in [2.75, 3.05) is 48.4 Å². The van der Waals surface area contributed by atoms with Crippen LogP contribution < -0.4 is 35.6 Å². The number of nitrogens with zero attached hydrogens (tertiary/aromatic N) is 5. The molecule has 7 N–H and O–H groups in total. The van der Waals surface area contributed by atoms with Crippen LogP contribution in [-0.4, -0.2) is 116 Å². The van der Waals surface area contributed by atoms with Crippen LogP contribution in [0.1, 0.15) is 49.3 Å². The zero-order chi connectivity index (χ0) is 44.0. The molecule has 62 heavy (non-hydrogen) atoms. The fourth-order valence-electron chi connectivity index (χ4n) is 7.68. The van der Waals surface area contributed by atoms with E-state index in [-0.39, 0.29) is 30.3 Å². The van der Waals surface area contributed by atoms with Crippen LogP contribution in [0.5, 0.6) is 11.5 Å². The Hall–Kier alpha value is -6.67. The van der Waals surface area contributed by atoms with E-state index in [9.17, 15) is 33.0 Å². The van der Waals surface area contributed by atoms with Gasteiger partial charge in [-0.1, -0.05) is 67.6 Å². The average Bonchev–Trinajstić information content (AvgIpc) is 3.99. The van der Waals surface area contributed by atoms with Gasteiger partial charge < -0.3 is 55.5 Å². The summed E-state index contributed by atoms with van der Waals surface area (Å²) < 4.78 is 44.8. The van der Waals surface area contributed by atoms with Gasteiger partial charge in [0.05, 0.1) is 18.4 Å². The van der Waals surface area contributed by atoms with Gasteiger partial charge in [0.25, 0.3) is 0 Å². The molecule has 4 heterocycles. The number of anilines is 3. The summed E-state index contributed by atoms with van der Waals surface area (Å²) >= 11 is 0. The van der Waals surface area contributed by atoms with E-state index in [1.807, 2.05) is 41.3 Å². The summed E-state index contributed by atoms with van der Waals surface area (Å²) in [6, 6.07) is 24.1. The Kier molecular flexibility index (Phi) is 13.3. The summed E-state index contributed by atoms with van der Waals surface area (Å²) in [4.78, 5) is 51.0. The average molecular weight is 862 g/mol. The number of aliphatic hydroxyl groups excluding tert-OH is 2. The van der Waals surface area contributed by atoms with Crippen molar-refractivity contribution in [2.45, 2.75) is 68.6 Å². The molecule has 17 nitrogen and oxygen atoms in total. The van der Waals surface area contributed by atoms with Gasteiger partial charge in [0, 0.05) is 49.8 Å². The topological polar surface area (TPSA) is 225 Å². The lowest BCUT2D eigenvalue weighted by atomic mass is 9.91. The number of hydrogen-bond acceptors (Lipinski definition) is 12. The minimum atomic E-state index is -5.08. The van der Waals surface area contributed by atoms with Crippen molar-refractivity contribution in [1.82, 2.24) is 30.2 Å². The predicted molar refractivity (Wildman–Crippen MR) is 220 cm³/mol. The maximum Gasteiger partial charge on any atom is 0.490 e. The number of aromatic nitrogens is 4. The van der Waals surface area contributed by atoms with Crippen LogP contribution in [0.2, 0.25) is 0 Å². The van der Waals surface area contributed by atoms with Crippen LogP contribution in [-0.2, 0) is 9.59 Å². The number of halogens is 3. The first-order valence-corrected chi connectivity index (χ1v) is 20.0. The third-order valence-corrected chi connectivity index (χ3v) is 10.8. The Bertz CT molecular complexity index is 2320. The molecular weight excluding hydrogens is 816 g/mol. The molecule has 5 atom stereocenters. The summed E-state index contributed by atoms with van der Waals surface area (Å²) in [5.74, 6) is -0.763. The fraction of sp³-hybridized carbons (Fsp3) is 0.381. The highest BCUT2D eigenvalue weighted by Gasteiger charge is 2.44. The van der Waals surface area contributed by atoms with E-state index in [1.165, 1.54) is 0 Å². The predicted octanol–water partition coefficient (Wildman–Crippen LogP) is 4.44. The van der Waals surface area contributed by atoms with E-state index < -0.39 is 36.4 Å². The van der Waals surface area contributed by atoms with Gasteiger partial charge in [0.1, 0.15) is 25.4 Å². The number of aliphatic carboxylic acids is 1. The second-order valence-electron chi connectivity index (χ2n) is 15.0. The number of alkyl halides is 3. The van der Waals surface area contributed by atoms with Crippen LogP contribution >= 0.6 is 0 Å². The van der Waals surface area contributed by atoms with E-state index in [2.05, 4.69) is 45.5 Å². The van der Waals surface area contributed by atoms with Crippen LogP contribution in [0.3, 0.4) is 0 Å². The minimum absolute atomic E-state index is 0.000715. The molecule has 0 unspecified atom stereocenters. The number of benzene rings is 3. The van der Waals surface area contributed by atoms with Crippen LogP contribution in [0, 0.1) is 0 Å². The quantitative estimate of drug-likeness (QED) is 0.0977. The molecular formula is C42H46F3N9O8. The number of hydrogen-bond donors (Lipinski definition) is 7. The number of urea groups is 1. The smallest absolute Gasteiger partial charge is 0.486 e. The standard InChI is InChI=1S/C40H45N9O6.C2HF3O2/c1-2-33(50)45-29-20-30(36(52)35(29)51)49-23-42-34-37(41-21-28(24-9-5-3-6-10-24)25-11-7-4-8-12-25)46-39(47-38(34)49)48-16-15-27(22-48)44-40(53)43-26-13-14-31-32(19-26)55-18-17-54-31;3-2(4,5)1(6)7/h3-14,19,23,27-30,35-36,51-52H,2,15-18,20-22H2,1H3,(H,45,50)(H,41,46,47)(H2,43,44,53);(H,6,7)/t27-,29+,30-,35-,36+;/m1./s1. The van der Waals surface area contributed by atoms with Crippen molar-refractivity contribution in [3.63, 3.8) is 0 Å². The van der Waals surface area contributed by atoms with Gasteiger partial charge in [-0.15, -0.1) is 0 Å². The Balaban J connectivity index is 0.000000762. The number of rotatable bonds is 11. The first-order chi connectivity index (χ1) is 29.8. The molecule has 3 amide bonds. The lowest BCUT2D eigenvalue weighted by Gasteiger charge is -2.22. The molecule has 8 rings (SSSR count). The van der Waals surface area contributed by atoms with Gasteiger partial charge >= 0.3 is 18.2 Å². The normalized spacial score (nSPS) is 20.6. The number of amides is 3. The van der Waals surface area contributed by atoms with E-state index in [4.69, 9.17) is 34.3 Å². The maximum atomic E-state index is 13.1. The number of carbonyl (C=O) groups excluding carboxylic acids is 2. The zero-order valence-corrected chi connectivity index (χ0v) is 33.5. The molecule has 1 aliphatic carbocycles. The largest absolute Gasteiger partial charge is 0.490 e. The molecule has 2 fully saturated rings. The summed E-state index contributed by atoms with van der Waals surface area (Å²) in [7, 11) is 0. The highest BCUT2D eigenvalue weighted by atomic mass is 19.4. The summed E-state index contributed by atoms with van der Waals surface area (Å²) in [6.07, 6.45) is -4.58. The summed E-state index contributed by atoms with van der Waals surface area (Å²) in [6.45, 7) is 4.23. The van der Waals surface area contributed by atoms with Crippen molar-refractivity contribution < 1.29 is 52.3 Å². The molecule has 20 heteroatoms. The lowest BCUT2D eigenvalue weighted by molar-refractivity contribution is -0.192. The molecule has 3 aromatic carbocycles. The second-order valence-corrected chi connectivity index (χ2v) is 15.0. The molecule has 5 aromatic rings. The Labute approximate surface area is 353 Å². The Morgan fingerprint density at radius 2 is 1.56 bits per heavy atom. The summed E-state index contributed by atoms with van der Waals surface area (Å²) in [5.41, 5.74) is 3.87. The zero-order valence-electron chi connectivity index (χ0n) is 33.5. The number of carboxylic acids is 1. The van der Waals surface area contributed by atoms with Gasteiger partial charge in [-0.25, -0.2) is 14.6 Å². The number of carbonyl (C=O) groups is 3. The van der Waals surface area contributed by atoms with Gasteiger partial charge in [0.15, 0.2) is 28.5 Å². The van der Waals surface area contributed by atoms with Crippen LogP contribution in [0.25, 0.3) is 11.2 Å². The number of aliphatic hydroxyl groups is 2. The van der Waals surface area contributed by atoms with E-state index in [1.54, 1.807) is 36.0 Å². The van der Waals surface area contributed by atoms with Gasteiger partial charge in [-0.3, -0.25) is 4.79 Å². The molecule has 2 aliphatic heterocycles. The van der Waals surface area contributed by atoms with Crippen molar-refractivity contribution in [1.29, 1.82) is 0 Å². The molecule has 328 valence electrons. The number of carboxylic acid groups (broad SMARTS) is 1. The highest BCUT2D eigenvalue weighted by molar-refractivity contribution is 5.90. The summed E-state index contributed by atoms with van der Waals surface area (Å²) in [5, 5.41) is 41.7. The Morgan fingerprint density at radius 1 is 0.903 bits per heavy atom. The fourth-order valence-corrected chi connectivity index (χ4v) is 7.68. The molecule has 0 spiro atoms. The van der Waals surface area contributed by atoms with Crippen LogP contribution in [0.4, 0.5) is 35.4 Å². The molecule has 1 saturated carbocycles. The van der Waals surface area contributed by atoms with Crippen molar-refractivity contribution in [2.24, 2.45) is 0 Å².